The molecule has 10 nitrogen and oxygen atoms in total. The Morgan fingerprint density at radius 2 is 1.20 bits per heavy atom. The van der Waals surface area contributed by atoms with Gasteiger partial charge in [-0.2, -0.15) is 0 Å². The van der Waals surface area contributed by atoms with Crippen LogP contribution in [0.3, 0.4) is 0 Å². The number of benzene rings is 3. The van der Waals surface area contributed by atoms with Crippen molar-refractivity contribution in [2.45, 2.75) is 6.61 Å². The molecule has 0 atom stereocenters. The van der Waals surface area contributed by atoms with E-state index in [1.54, 1.807) is 12.1 Å². The molecule has 0 aliphatic heterocycles. The molecule has 35 heavy (non-hydrogen) atoms. The van der Waals surface area contributed by atoms with Gasteiger partial charge < -0.3 is 39.4 Å². The van der Waals surface area contributed by atoms with Crippen molar-refractivity contribution in [3.63, 3.8) is 0 Å². The molecule has 0 aromatic heterocycles. The molecule has 4 N–H and O–H groups in total. The molecule has 0 aliphatic carbocycles. The second kappa shape index (κ2) is 14.7. The monoisotopic (exact) mass is 488 g/mol. The number of carbonyl (C=O) groups excluding carboxylic acids is 2. The summed E-state index contributed by atoms with van der Waals surface area (Å²) in [6, 6.07) is 13.2. The van der Waals surface area contributed by atoms with Gasteiger partial charge in [0.2, 0.25) is 0 Å². The summed E-state index contributed by atoms with van der Waals surface area (Å²) >= 11 is 0. The largest absolute Gasteiger partial charge is 0.508 e. The second-order valence-electron chi connectivity index (χ2n) is 6.69. The highest BCUT2D eigenvalue weighted by Crippen LogP contribution is 2.22. The van der Waals surface area contributed by atoms with Gasteiger partial charge in [-0.25, -0.2) is 4.79 Å². The first-order chi connectivity index (χ1) is 16.7. The zero-order chi connectivity index (χ0) is 26.4. The van der Waals surface area contributed by atoms with Gasteiger partial charge in [0, 0.05) is 23.8 Å². The lowest BCUT2D eigenvalue weighted by atomic mass is 10.2. The number of esters is 1. The van der Waals surface area contributed by atoms with Crippen LogP contribution in [0, 0.1) is 0 Å². The van der Waals surface area contributed by atoms with E-state index in [2.05, 4.69) is 4.74 Å². The number of aldehydes is 1. The zero-order valence-corrected chi connectivity index (χ0v) is 19.7. The summed E-state index contributed by atoms with van der Waals surface area (Å²) in [5.74, 6) is 1.05. The fraction of sp³-hybridized carbons (Fsp3) is 0.200. The Hall–Kier alpha value is -4.44. The van der Waals surface area contributed by atoms with E-state index >= 15 is 0 Å². The minimum absolute atomic E-state index is 0.0280. The highest BCUT2D eigenvalue weighted by atomic mass is 16.5. The van der Waals surface area contributed by atoms with Gasteiger partial charge in [0.05, 0.1) is 40.6 Å². The number of methoxy groups -OCH3 is 4. The summed E-state index contributed by atoms with van der Waals surface area (Å²) < 4.78 is 19.0. The molecule has 0 saturated carbocycles. The number of aliphatic hydroxyl groups excluding tert-OH is 1. The van der Waals surface area contributed by atoms with Crippen LogP contribution in [-0.2, 0) is 11.3 Å². The van der Waals surface area contributed by atoms with Crippen molar-refractivity contribution < 1.29 is 49.0 Å². The SMILES string of the molecule is COC(=O)c1cc(O)cc(OC)c1.COc1cc(O)cc(C=O)c1.COc1cc(O)cc(CO)c1. The molecule has 3 aromatic rings. The maximum Gasteiger partial charge on any atom is 0.338 e. The van der Waals surface area contributed by atoms with Gasteiger partial charge in [-0.15, -0.1) is 0 Å². The number of aromatic hydroxyl groups is 3. The molecule has 0 amide bonds. The van der Waals surface area contributed by atoms with E-state index in [-0.39, 0.29) is 29.4 Å². The zero-order valence-electron chi connectivity index (χ0n) is 19.7. The smallest absolute Gasteiger partial charge is 0.338 e. The number of ether oxygens (including phenoxy) is 4. The van der Waals surface area contributed by atoms with Crippen LogP contribution in [-0.4, -0.2) is 61.1 Å². The molecular weight excluding hydrogens is 460 g/mol. The van der Waals surface area contributed by atoms with Crippen LogP contribution in [0.15, 0.2) is 54.6 Å². The van der Waals surface area contributed by atoms with E-state index in [0.29, 0.717) is 34.7 Å². The molecule has 188 valence electrons. The summed E-state index contributed by atoms with van der Waals surface area (Å²) in [5, 5.41) is 36.0. The fourth-order valence-electron chi connectivity index (χ4n) is 2.58. The van der Waals surface area contributed by atoms with Crippen LogP contribution < -0.4 is 14.2 Å². The Kier molecular flexibility index (Phi) is 12.0. The summed E-state index contributed by atoms with van der Waals surface area (Å²) in [6.07, 6.45) is 0.655. The molecular formula is C25H28O10. The van der Waals surface area contributed by atoms with Crippen molar-refractivity contribution >= 4 is 12.3 Å². The van der Waals surface area contributed by atoms with Crippen molar-refractivity contribution in [3.05, 3.63) is 71.3 Å². The topological polar surface area (TPSA) is 152 Å². The second-order valence-corrected chi connectivity index (χ2v) is 6.69. The first-order valence-corrected chi connectivity index (χ1v) is 9.96. The van der Waals surface area contributed by atoms with Crippen molar-refractivity contribution in [3.8, 4) is 34.5 Å². The summed E-state index contributed by atoms with van der Waals surface area (Å²) in [4.78, 5) is 21.3. The molecule has 10 heteroatoms. The predicted octanol–water partition coefficient (Wildman–Crippen LogP) is 3.29. The molecule has 3 rings (SSSR count). The Morgan fingerprint density at radius 3 is 1.69 bits per heavy atom. The van der Waals surface area contributed by atoms with Crippen molar-refractivity contribution in [1.82, 2.24) is 0 Å². The lowest BCUT2D eigenvalue weighted by Gasteiger charge is -2.03. The molecule has 0 unspecified atom stereocenters. The summed E-state index contributed by atoms with van der Waals surface area (Å²) in [7, 11) is 5.72. The van der Waals surface area contributed by atoms with E-state index in [1.807, 2.05) is 0 Å². The number of hydrogen-bond donors (Lipinski definition) is 4. The van der Waals surface area contributed by atoms with E-state index in [0.717, 1.165) is 0 Å². The van der Waals surface area contributed by atoms with Crippen LogP contribution in [0.5, 0.6) is 34.5 Å². The Bertz CT molecular complexity index is 1090. The summed E-state index contributed by atoms with van der Waals surface area (Å²) in [6.45, 7) is -0.0925. The predicted molar refractivity (Wildman–Crippen MR) is 127 cm³/mol. The molecule has 0 aliphatic rings. The highest BCUT2D eigenvalue weighted by Gasteiger charge is 2.08. The lowest BCUT2D eigenvalue weighted by Crippen LogP contribution is -2.01. The van der Waals surface area contributed by atoms with E-state index in [9.17, 15) is 14.7 Å². The Balaban J connectivity index is 0.000000264. The van der Waals surface area contributed by atoms with Crippen LogP contribution in [0.25, 0.3) is 0 Å². The average molecular weight is 488 g/mol. The third-order valence-corrected chi connectivity index (χ3v) is 4.20. The first-order valence-electron chi connectivity index (χ1n) is 9.96. The van der Waals surface area contributed by atoms with Gasteiger partial charge in [-0.3, -0.25) is 4.79 Å². The van der Waals surface area contributed by atoms with Crippen molar-refractivity contribution in [2.24, 2.45) is 0 Å². The van der Waals surface area contributed by atoms with Gasteiger partial charge in [0.15, 0.2) is 0 Å². The van der Waals surface area contributed by atoms with Crippen LogP contribution in [0.2, 0.25) is 0 Å². The quantitative estimate of drug-likeness (QED) is 0.300. The van der Waals surface area contributed by atoms with Crippen molar-refractivity contribution in [1.29, 1.82) is 0 Å². The standard InChI is InChI=1S/C9H10O4.C8H10O3.C8H8O3/c1-12-8-4-6(9(11)13-2)3-7(10)5-8;2*1-11-8-3-6(5-9)2-7(10)4-8/h3-5,10H,1-2H3;2-4,9-10H,5H2,1H3;2-5,10H,1H3. The van der Waals surface area contributed by atoms with E-state index in [1.165, 1.54) is 70.9 Å². The van der Waals surface area contributed by atoms with Crippen LogP contribution >= 0.6 is 0 Å². The van der Waals surface area contributed by atoms with E-state index in [4.69, 9.17) is 29.5 Å². The number of phenolic OH excluding ortho intramolecular Hbond substituents is 3. The highest BCUT2D eigenvalue weighted by molar-refractivity contribution is 5.90. The molecule has 0 heterocycles. The molecule has 3 aromatic carbocycles. The first kappa shape index (κ1) is 28.6. The van der Waals surface area contributed by atoms with Gasteiger partial charge in [0.25, 0.3) is 0 Å². The lowest BCUT2D eigenvalue weighted by molar-refractivity contribution is 0.0599. The molecule has 0 bridgehead atoms. The molecule has 0 spiro atoms. The number of aliphatic hydroxyl groups is 1. The minimum atomic E-state index is -0.505. The van der Waals surface area contributed by atoms with Gasteiger partial charge in [-0.05, 0) is 42.0 Å². The van der Waals surface area contributed by atoms with Crippen molar-refractivity contribution in [2.75, 3.05) is 28.4 Å². The van der Waals surface area contributed by atoms with Crippen LogP contribution in [0.4, 0.5) is 0 Å². The third kappa shape index (κ3) is 9.93. The minimum Gasteiger partial charge on any atom is -0.508 e. The van der Waals surface area contributed by atoms with Gasteiger partial charge in [0.1, 0.15) is 40.8 Å². The number of rotatable bonds is 6. The maximum atomic E-state index is 11.0. The summed E-state index contributed by atoms with van der Waals surface area (Å²) in [5.41, 5.74) is 1.31. The van der Waals surface area contributed by atoms with Crippen LogP contribution in [0.1, 0.15) is 26.3 Å². The normalized spacial score (nSPS) is 9.40. The number of hydrogen-bond acceptors (Lipinski definition) is 10. The Labute approximate surface area is 202 Å². The molecule has 0 radical (unpaired) electrons. The fourth-order valence-corrected chi connectivity index (χ4v) is 2.58. The van der Waals surface area contributed by atoms with Gasteiger partial charge in [-0.1, -0.05) is 0 Å². The third-order valence-electron chi connectivity index (χ3n) is 4.20. The van der Waals surface area contributed by atoms with Gasteiger partial charge >= 0.3 is 5.97 Å². The Morgan fingerprint density at radius 1 is 0.714 bits per heavy atom. The maximum absolute atomic E-state index is 11.0. The van der Waals surface area contributed by atoms with E-state index < -0.39 is 5.97 Å². The number of carbonyl (C=O) groups is 2. The molecule has 0 fully saturated rings. The molecule has 0 saturated heterocycles. The average Bonchev–Trinajstić information content (AvgIpc) is 2.87. The number of phenols is 3.